The molecular formula is C10H22N2O4S. The summed E-state index contributed by atoms with van der Waals surface area (Å²) in [7, 11) is -2.25. The summed E-state index contributed by atoms with van der Waals surface area (Å²) < 4.78 is 30.1. The van der Waals surface area contributed by atoms with Crippen LogP contribution in [-0.2, 0) is 19.6 Å². The van der Waals surface area contributed by atoms with Crippen molar-refractivity contribution < 1.29 is 17.9 Å². The molecule has 1 atom stereocenters. The van der Waals surface area contributed by atoms with Gasteiger partial charge in [0, 0.05) is 12.6 Å². The molecule has 0 rings (SSSR count). The van der Waals surface area contributed by atoms with E-state index < -0.39 is 16.0 Å². The fraction of sp³-hybridized carbons (Fsp3) is 0.900. The van der Waals surface area contributed by atoms with E-state index in [1.807, 2.05) is 13.8 Å². The summed E-state index contributed by atoms with van der Waals surface area (Å²) in [6.45, 7) is 4.23. The number of rotatable bonds is 8. The van der Waals surface area contributed by atoms with Crippen LogP contribution >= 0.6 is 0 Å². The van der Waals surface area contributed by atoms with Crippen molar-refractivity contribution in [2.75, 3.05) is 19.4 Å². The zero-order valence-electron chi connectivity index (χ0n) is 10.6. The summed E-state index contributed by atoms with van der Waals surface area (Å²) in [5.41, 5.74) is 5.49. The Labute approximate surface area is 103 Å². The van der Waals surface area contributed by atoms with Gasteiger partial charge >= 0.3 is 5.97 Å². The van der Waals surface area contributed by atoms with Gasteiger partial charge in [-0.05, 0) is 12.3 Å². The maximum atomic E-state index is 11.6. The van der Waals surface area contributed by atoms with Gasteiger partial charge in [0.1, 0.15) is 0 Å². The maximum Gasteiger partial charge on any atom is 0.306 e. The number of esters is 1. The monoisotopic (exact) mass is 266 g/mol. The van der Waals surface area contributed by atoms with Crippen LogP contribution in [-0.4, -0.2) is 39.8 Å². The van der Waals surface area contributed by atoms with Crippen LogP contribution in [0.4, 0.5) is 0 Å². The van der Waals surface area contributed by atoms with Gasteiger partial charge < -0.3 is 10.5 Å². The number of carbonyl (C=O) groups is 1. The highest BCUT2D eigenvalue weighted by molar-refractivity contribution is 7.89. The smallest absolute Gasteiger partial charge is 0.306 e. The Morgan fingerprint density at radius 3 is 2.41 bits per heavy atom. The lowest BCUT2D eigenvalue weighted by Gasteiger charge is -2.18. The molecule has 0 fully saturated rings. The largest absolute Gasteiger partial charge is 0.469 e. The molecule has 0 saturated carbocycles. The van der Waals surface area contributed by atoms with Crippen molar-refractivity contribution in [3.8, 4) is 0 Å². The molecule has 6 nitrogen and oxygen atoms in total. The Morgan fingerprint density at radius 1 is 1.41 bits per heavy atom. The molecule has 0 amide bonds. The van der Waals surface area contributed by atoms with Crippen LogP contribution in [0.3, 0.4) is 0 Å². The van der Waals surface area contributed by atoms with E-state index in [0.29, 0.717) is 12.3 Å². The SMILES string of the molecule is COC(=O)CCS(=O)(=O)NC(CN)CC(C)C. The molecule has 3 N–H and O–H groups in total. The first-order valence-corrected chi connectivity index (χ1v) is 7.22. The third kappa shape index (κ3) is 8.12. The number of carbonyl (C=O) groups excluding carboxylic acids is 1. The molecule has 102 valence electrons. The third-order valence-electron chi connectivity index (χ3n) is 2.19. The minimum atomic E-state index is -3.47. The van der Waals surface area contributed by atoms with Crippen molar-refractivity contribution in [1.29, 1.82) is 0 Å². The molecular weight excluding hydrogens is 244 g/mol. The van der Waals surface area contributed by atoms with Crippen LogP contribution in [0.15, 0.2) is 0 Å². The van der Waals surface area contributed by atoms with Crippen LogP contribution < -0.4 is 10.5 Å². The summed E-state index contributed by atoms with van der Waals surface area (Å²) >= 11 is 0. The minimum Gasteiger partial charge on any atom is -0.469 e. The van der Waals surface area contributed by atoms with Crippen molar-refractivity contribution in [3.05, 3.63) is 0 Å². The normalized spacial score (nSPS) is 13.7. The number of ether oxygens (including phenoxy) is 1. The van der Waals surface area contributed by atoms with Crippen molar-refractivity contribution in [2.45, 2.75) is 32.7 Å². The van der Waals surface area contributed by atoms with E-state index >= 15 is 0 Å². The maximum absolute atomic E-state index is 11.6. The molecule has 0 radical (unpaired) electrons. The number of nitrogens with one attached hydrogen (secondary N) is 1. The van der Waals surface area contributed by atoms with Crippen molar-refractivity contribution in [1.82, 2.24) is 4.72 Å². The number of hydrogen-bond acceptors (Lipinski definition) is 5. The first-order valence-electron chi connectivity index (χ1n) is 5.57. The van der Waals surface area contributed by atoms with E-state index in [4.69, 9.17) is 5.73 Å². The quantitative estimate of drug-likeness (QED) is 0.595. The predicted octanol–water partition coefficient (Wildman–Crippen LogP) is -0.158. The fourth-order valence-corrected chi connectivity index (χ4v) is 2.65. The van der Waals surface area contributed by atoms with Crippen molar-refractivity contribution in [3.63, 3.8) is 0 Å². The summed E-state index contributed by atoms with van der Waals surface area (Å²) in [6, 6.07) is -0.280. The lowest BCUT2D eigenvalue weighted by molar-refractivity contribution is -0.140. The standard InChI is InChI=1S/C10H22N2O4S/c1-8(2)6-9(7-11)12-17(14,15)5-4-10(13)16-3/h8-9,12H,4-7,11H2,1-3H3. The van der Waals surface area contributed by atoms with E-state index in [9.17, 15) is 13.2 Å². The van der Waals surface area contributed by atoms with E-state index in [1.54, 1.807) is 0 Å². The Kier molecular flexibility index (Phi) is 7.33. The average molecular weight is 266 g/mol. The van der Waals surface area contributed by atoms with E-state index in [2.05, 4.69) is 9.46 Å². The molecule has 0 aliphatic heterocycles. The van der Waals surface area contributed by atoms with E-state index in [1.165, 1.54) is 7.11 Å². The van der Waals surface area contributed by atoms with Crippen LogP contribution in [0.25, 0.3) is 0 Å². The average Bonchev–Trinajstić information content (AvgIpc) is 2.24. The Bertz CT molecular complexity index is 327. The molecule has 0 aliphatic carbocycles. The highest BCUT2D eigenvalue weighted by Gasteiger charge is 2.19. The van der Waals surface area contributed by atoms with Crippen LogP contribution in [0.2, 0.25) is 0 Å². The molecule has 17 heavy (non-hydrogen) atoms. The predicted molar refractivity (Wildman–Crippen MR) is 65.9 cm³/mol. The zero-order chi connectivity index (χ0) is 13.5. The minimum absolute atomic E-state index is 0.148. The van der Waals surface area contributed by atoms with Gasteiger partial charge in [-0.2, -0.15) is 0 Å². The molecule has 0 aromatic carbocycles. The molecule has 0 heterocycles. The summed E-state index contributed by atoms with van der Waals surface area (Å²) in [4.78, 5) is 10.9. The van der Waals surface area contributed by atoms with Gasteiger partial charge in [-0.25, -0.2) is 13.1 Å². The number of methoxy groups -OCH3 is 1. The van der Waals surface area contributed by atoms with E-state index in [0.717, 1.165) is 0 Å². The molecule has 0 aliphatic rings. The highest BCUT2D eigenvalue weighted by Crippen LogP contribution is 2.05. The van der Waals surface area contributed by atoms with Gasteiger partial charge in [0.25, 0.3) is 0 Å². The van der Waals surface area contributed by atoms with Gasteiger partial charge in [-0.15, -0.1) is 0 Å². The zero-order valence-corrected chi connectivity index (χ0v) is 11.4. The number of nitrogens with two attached hydrogens (primary N) is 1. The molecule has 0 aromatic rings. The summed E-state index contributed by atoms with van der Waals surface area (Å²) in [5.74, 6) is -0.454. The lowest BCUT2D eigenvalue weighted by atomic mass is 10.1. The van der Waals surface area contributed by atoms with Crippen LogP contribution in [0.1, 0.15) is 26.7 Å². The molecule has 0 aromatic heterocycles. The van der Waals surface area contributed by atoms with Gasteiger partial charge in [-0.3, -0.25) is 4.79 Å². The molecule has 0 spiro atoms. The molecule has 0 saturated heterocycles. The Hall–Kier alpha value is -0.660. The lowest BCUT2D eigenvalue weighted by Crippen LogP contribution is -2.42. The van der Waals surface area contributed by atoms with Crippen LogP contribution in [0, 0.1) is 5.92 Å². The second-order valence-corrected chi connectivity index (χ2v) is 6.20. The van der Waals surface area contributed by atoms with Crippen LogP contribution in [0.5, 0.6) is 0 Å². The fourth-order valence-electron chi connectivity index (χ4n) is 1.39. The second kappa shape index (κ2) is 7.62. The van der Waals surface area contributed by atoms with Crippen molar-refractivity contribution in [2.24, 2.45) is 11.7 Å². The molecule has 7 heteroatoms. The number of sulfonamides is 1. The van der Waals surface area contributed by atoms with Gasteiger partial charge in [0.05, 0.1) is 19.3 Å². The van der Waals surface area contributed by atoms with Crippen molar-refractivity contribution >= 4 is 16.0 Å². The summed E-state index contributed by atoms with van der Waals surface area (Å²) in [6.07, 6.45) is 0.527. The highest BCUT2D eigenvalue weighted by atomic mass is 32.2. The van der Waals surface area contributed by atoms with Gasteiger partial charge in [0.15, 0.2) is 0 Å². The molecule has 1 unspecified atom stereocenters. The number of hydrogen-bond donors (Lipinski definition) is 2. The topological polar surface area (TPSA) is 98.5 Å². The second-order valence-electron chi connectivity index (χ2n) is 4.33. The first kappa shape index (κ1) is 16.3. The van der Waals surface area contributed by atoms with Gasteiger partial charge in [0.2, 0.25) is 10.0 Å². The Balaban J connectivity index is 4.26. The van der Waals surface area contributed by atoms with Gasteiger partial charge in [-0.1, -0.05) is 13.8 Å². The third-order valence-corrected chi connectivity index (χ3v) is 3.62. The Morgan fingerprint density at radius 2 is 2.00 bits per heavy atom. The first-order chi connectivity index (χ1) is 7.80. The summed E-state index contributed by atoms with van der Waals surface area (Å²) in [5, 5.41) is 0. The van der Waals surface area contributed by atoms with E-state index in [-0.39, 0.29) is 24.8 Å². The molecule has 0 bridgehead atoms.